The molecule has 0 atom stereocenters. The lowest BCUT2D eigenvalue weighted by atomic mass is 9.76. The van der Waals surface area contributed by atoms with Crippen molar-refractivity contribution in [2.75, 3.05) is 0 Å². The second kappa shape index (κ2) is 6.81. The molecule has 1 aromatic rings. The lowest BCUT2D eigenvalue weighted by Crippen LogP contribution is -2.40. The maximum atomic E-state index is 11.9. The van der Waals surface area contributed by atoms with Gasteiger partial charge in [0, 0.05) is 6.04 Å². The number of aliphatic carboxylic acids is 1. The Balaban J connectivity index is 1.81. The van der Waals surface area contributed by atoms with Gasteiger partial charge in [0.2, 0.25) is 0 Å². The Bertz CT molecular complexity index is 526. The van der Waals surface area contributed by atoms with Crippen molar-refractivity contribution in [1.29, 1.82) is 0 Å². The minimum absolute atomic E-state index is 0.0374. The van der Waals surface area contributed by atoms with Crippen molar-refractivity contribution in [3.8, 4) is 5.75 Å². The van der Waals surface area contributed by atoms with Crippen molar-refractivity contribution in [2.45, 2.75) is 52.0 Å². The van der Waals surface area contributed by atoms with E-state index in [1.54, 1.807) is 24.3 Å². The Kier molecular flexibility index (Phi) is 5.06. The van der Waals surface area contributed by atoms with Gasteiger partial charge in [0.05, 0.1) is 6.42 Å². The van der Waals surface area contributed by atoms with E-state index >= 15 is 0 Å². The molecule has 0 bridgehead atoms. The van der Waals surface area contributed by atoms with Gasteiger partial charge in [-0.15, -0.1) is 0 Å². The van der Waals surface area contributed by atoms with Gasteiger partial charge in [-0.05, 0) is 48.8 Å². The topological polar surface area (TPSA) is 75.6 Å². The lowest BCUT2D eigenvalue weighted by molar-refractivity contribution is -0.136. The molecule has 2 rings (SSSR count). The van der Waals surface area contributed by atoms with Crippen LogP contribution in [0.25, 0.3) is 0 Å². The van der Waals surface area contributed by atoms with E-state index in [0.29, 0.717) is 16.7 Å². The van der Waals surface area contributed by atoms with Crippen LogP contribution in [0.1, 0.15) is 45.1 Å². The Hall–Kier alpha value is -2.04. The van der Waals surface area contributed by atoms with Crippen LogP contribution in [0.2, 0.25) is 0 Å². The van der Waals surface area contributed by atoms with Crippen LogP contribution in [0.5, 0.6) is 5.75 Å². The molecule has 22 heavy (non-hydrogen) atoms. The van der Waals surface area contributed by atoms with Crippen LogP contribution >= 0.6 is 0 Å². The number of nitrogens with one attached hydrogen (secondary N) is 1. The van der Waals surface area contributed by atoms with Crippen molar-refractivity contribution >= 4 is 12.1 Å². The molecule has 1 saturated carbocycles. The molecule has 5 nitrogen and oxygen atoms in total. The summed E-state index contributed by atoms with van der Waals surface area (Å²) in [4.78, 5) is 22.5. The number of carboxylic acids is 1. The highest BCUT2D eigenvalue weighted by Gasteiger charge is 2.27. The zero-order chi connectivity index (χ0) is 16.2. The fraction of sp³-hybridized carbons (Fsp3) is 0.529. The van der Waals surface area contributed by atoms with Crippen molar-refractivity contribution in [3.63, 3.8) is 0 Å². The van der Waals surface area contributed by atoms with Gasteiger partial charge in [-0.2, -0.15) is 0 Å². The van der Waals surface area contributed by atoms with Gasteiger partial charge >= 0.3 is 12.1 Å². The van der Waals surface area contributed by atoms with Gasteiger partial charge in [0.25, 0.3) is 0 Å². The Morgan fingerprint density at radius 1 is 1.23 bits per heavy atom. The van der Waals surface area contributed by atoms with Gasteiger partial charge in [-0.25, -0.2) is 4.79 Å². The van der Waals surface area contributed by atoms with E-state index in [-0.39, 0.29) is 12.5 Å². The third kappa shape index (κ3) is 5.06. The highest BCUT2D eigenvalue weighted by Crippen LogP contribution is 2.35. The van der Waals surface area contributed by atoms with E-state index in [9.17, 15) is 9.59 Å². The summed E-state index contributed by atoms with van der Waals surface area (Å²) in [5.41, 5.74) is 1.04. The summed E-state index contributed by atoms with van der Waals surface area (Å²) in [6.45, 7) is 4.50. The Morgan fingerprint density at radius 3 is 2.36 bits per heavy atom. The number of carbonyl (C=O) groups excluding carboxylic acids is 1. The smallest absolute Gasteiger partial charge is 0.412 e. The van der Waals surface area contributed by atoms with E-state index in [0.717, 1.165) is 25.7 Å². The molecule has 0 radical (unpaired) electrons. The van der Waals surface area contributed by atoms with Crippen molar-refractivity contribution < 1.29 is 19.4 Å². The molecule has 0 aromatic heterocycles. The van der Waals surface area contributed by atoms with Crippen LogP contribution in [0, 0.1) is 5.41 Å². The summed E-state index contributed by atoms with van der Waals surface area (Å²) in [6, 6.07) is 6.70. The number of carbonyl (C=O) groups is 2. The monoisotopic (exact) mass is 305 g/mol. The molecule has 1 aromatic carbocycles. The van der Waals surface area contributed by atoms with Gasteiger partial charge in [-0.1, -0.05) is 26.0 Å². The van der Waals surface area contributed by atoms with Crippen LogP contribution in [0.3, 0.4) is 0 Å². The van der Waals surface area contributed by atoms with E-state index < -0.39 is 12.1 Å². The maximum Gasteiger partial charge on any atom is 0.412 e. The van der Waals surface area contributed by atoms with Crippen LogP contribution < -0.4 is 10.1 Å². The SMILES string of the molecule is CC1(C)CCC(NC(=O)Oc2ccc(CC(=O)O)cc2)CC1. The van der Waals surface area contributed by atoms with Crippen LogP contribution in [-0.4, -0.2) is 23.2 Å². The molecule has 5 heteroatoms. The second-order valence-corrected chi connectivity index (χ2v) is 6.69. The fourth-order valence-corrected chi connectivity index (χ4v) is 2.70. The number of hydrogen-bond acceptors (Lipinski definition) is 3. The highest BCUT2D eigenvalue weighted by atomic mass is 16.6. The molecule has 0 spiro atoms. The third-order valence-corrected chi connectivity index (χ3v) is 4.15. The van der Waals surface area contributed by atoms with Gasteiger partial charge in [0.1, 0.15) is 5.75 Å². The molecule has 120 valence electrons. The van der Waals surface area contributed by atoms with E-state index in [1.807, 2.05) is 0 Å². The molecule has 0 aliphatic heterocycles. The summed E-state index contributed by atoms with van der Waals surface area (Å²) in [6.07, 6.45) is 3.66. The highest BCUT2D eigenvalue weighted by molar-refractivity contribution is 5.71. The maximum absolute atomic E-state index is 11.9. The first kappa shape index (κ1) is 16.3. The standard InChI is InChI=1S/C17H23NO4/c1-17(2)9-7-13(8-10-17)18-16(21)22-14-5-3-12(4-6-14)11-15(19)20/h3-6,13H,7-11H2,1-2H3,(H,18,21)(H,19,20). The number of rotatable bonds is 4. The fourth-order valence-electron chi connectivity index (χ4n) is 2.70. The minimum Gasteiger partial charge on any atom is -0.481 e. The predicted molar refractivity (Wildman–Crippen MR) is 83.0 cm³/mol. The van der Waals surface area contributed by atoms with Crippen LogP contribution in [0.15, 0.2) is 24.3 Å². The molecule has 0 heterocycles. The molecule has 0 unspecified atom stereocenters. The molecule has 1 fully saturated rings. The number of ether oxygens (including phenoxy) is 1. The number of benzene rings is 1. The summed E-state index contributed by atoms with van der Waals surface area (Å²) < 4.78 is 5.23. The number of carboxylic acid groups (broad SMARTS) is 1. The zero-order valence-electron chi connectivity index (χ0n) is 13.1. The van der Waals surface area contributed by atoms with Gasteiger partial charge < -0.3 is 15.2 Å². The van der Waals surface area contributed by atoms with E-state index in [1.165, 1.54) is 0 Å². The molecule has 1 amide bonds. The van der Waals surface area contributed by atoms with Gasteiger partial charge in [-0.3, -0.25) is 4.79 Å². The minimum atomic E-state index is -0.883. The molecule has 2 N–H and O–H groups in total. The zero-order valence-corrected chi connectivity index (χ0v) is 13.1. The number of hydrogen-bond donors (Lipinski definition) is 2. The molecule has 1 aliphatic carbocycles. The van der Waals surface area contributed by atoms with Gasteiger partial charge in [0.15, 0.2) is 0 Å². The molecule has 1 aliphatic rings. The van der Waals surface area contributed by atoms with Crippen molar-refractivity contribution in [1.82, 2.24) is 5.32 Å². The predicted octanol–water partition coefficient (Wildman–Crippen LogP) is 3.37. The largest absolute Gasteiger partial charge is 0.481 e. The molecule has 0 saturated heterocycles. The van der Waals surface area contributed by atoms with Crippen LogP contribution in [0.4, 0.5) is 4.79 Å². The summed E-state index contributed by atoms with van der Waals surface area (Å²) in [7, 11) is 0. The van der Waals surface area contributed by atoms with Crippen molar-refractivity contribution in [3.05, 3.63) is 29.8 Å². The first-order chi connectivity index (χ1) is 10.3. The second-order valence-electron chi connectivity index (χ2n) is 6.69. The average molecular weight is 305 g/mol. The Morgan fingerprint density at radius 2 is 1.82 bits per heavy atom. The molecular weight excluding hydrogens is 282 g/mol. The summed E-state index contributed by atoms with van der Waals surface area (Å²) >= 11 is 0. The first-order valence-corrected chi connectivity index (χ1v) is 7.63. The molecular formula is C17H23NO4. The van der Waals surface area contributed by atoms with Crippen molar-refractivity contribution in [2.24, 2.45) is 5.41 Å². The summed E-state index contributed by atoms with van der Waals surface area (Å²) in [5.74, 6) is -0.464. The lowest BCUT2D eigenvalue weighted by Gasteiger charge is -2.34. The first-order valence-electron chi connectivity index (χ1n) is 7.63. The van der Waals surface area contributed by atoms with Crippen LogP contribution in [-0.2, 0) is 11.2 Å². The quantitative estimate of drug-likeness (QED) is 0.894. The van der Waals surface area contributed by atoms with E-state index in [2.05, 4.69) is 19.2 Å². The average Bonchev–Trinajstić information content (AvgIpc) is 2.43. The van der Waals surface area contributed by atoms with E-state index in [4.69, 9.17) is 9.84 Å². The normalized spacial score (nSPS) is 17.7. The number of amides is 1. The summed E-state index contributed by atoms with van der Waals surface area (Å²) in [5, 5.41) is 11.6. The Labute approximate surface area is 130 Å². The third-order valence-electron chi connectivity index (χ3n) is 4.15.